The summed E-state index contributed by atoms with van der Waals surface area (Å²) in [4.78, 5) is 23.3. The second-order valence-corrected chi connectivity index (χ2v) is 4.42. The number of carbonyl (C=O) groups is 2. The molecule has 0 radical (unpaired) electrons. The number of Topliss-reactive ketones (excluding diaryl/α,β-unsaturated/α-hetero) is 2. The van der Waals surface area contributed by atoms with Gasteiger partial charge in [0.15, 0.2) is 0 Å². The van der Waals surface area contributed by atoms with Gasteiger partial charge in [0.2, 0.25) is 0 Å². The third-order valence-electron chi connectivity index (χ3n) is 2.93. The van der Waals surface area contributed by atoms with Crippen LogP contribution in [0.25, 0.3) is 0 Å². The van der Waals surface area contributed by atoms with Crippen LogP contribution in [0, 0.1) is 0 Å². The molecule has 0 bridgehead atoms. The Morgan fingerprint density at radius 1 is 1.18 bits per heavy atom. The molecule has 1 aromatic rings. The number of benzene rings is 1. The monoisotopic (exact) mass is 232 g/mol. The summed E-state index contributed by atoms with van der Waals surface area (Å²) in [5.74, 6) is -0.00231. The molecule has 0 heterocycles. The SMILES string of the molecule is CCCCC(=O)CC(C(C)=O)c1ccccc1. The van der Waals surface area contributed by atoms with Crippen molar-refractivity contribution < 1.29 is 9.59 Å². The lowest BCUT2D eigenvalue weighted by Crippen LogP contribution is -2.14. The number of hydrogen-bond donors (Lipinski definition) is 0. The fraction of sp³-hybridized carbons (Fsp3) is 0.467. The number of ketones is 2. The summed E-state index contributed by atoms with van der Waals surface area (Å²) in [5, 5.41) is 0. The summed E-state index contributed by atoms with van der Waals surface area (Å²) < 4.78 is 0. The van der Waals surface area contributed by atoms with Crippen LogP contribution in [-0.4, -0.2) is 11.6 Å². The van der Waals surface area contributed by atoms with E-state index in [2.05, 4.69) is 6.92 Å². The second kappa shape index (κ2) is 7.00. The van der Waals surface area contributed by atoms with Crippen molar-refractivity contribution in [1.82, 2.24) is 0 Å². The molecule has 17 heavy (non-hydrogen) atoms. The maximum atomic E-state index is 11.7. The minimum absolute atomic E-state index is 0.0704. The van der Waals surface area contributed by atoms with Crippen LogP contribution in [0.2, 0.25) is 0 Å². The summed E-state index contributed by atoms with van der Waals surface area (Å²) in [6.07, 6.45) is 2.87. The molecule has 1 rings (SSSR count). The summed E-state index contributed by atoms with van der Waals surface area (Å²) in [5.41, 5.74) is 0.949. The molecule has 0 N–H and O–H groups in total. The molecule has 0 fully saturated rings. The Morgan fingerprint density at radius 2 is 1.82 bits per heavy atom. The van der Waals surface area contributed by atoms with E-state index in [1.54, 1.807) is 6.92 Å². The first-order chi connectivity index (χ1) is 8.15. The van der Waals surface area contributed by atoms with Crippen LogP contribution in [0.5, 0.6) is 0 Å². The van der Waals surface area contributed by atoms with E-state index in [4.69, 9.17) is 0 Å². The first-order valence-corrected chi connectivity index (χ1v) is 6.22. The van der Waals surface area contributed by atoms with E-state index in [-0.39, 0.29) is 17.5 Å². The van der Waals surface area contributed by atoms with E-state index in [0.29, 0.717) is 12.8 Å². The minimum Gasteiger partial charge on any atom is -0.300 e. The summed E-state index contributed by atoms with van der Waals surface area (Å²) in [6.45, 7) is 3.62. The van der Waals surface area contributed by atoms with Crippen LogP contribution in [0.1, 0.15) is 51.0 Å². The molecule has 92 valence electrons. The zero-order valence-corrected chi connectivity index (χ0v) is 10.6. The van der Waals surface area contributed by atoms with Gasteiger partial charge in [-0.1, -0.05) is 43.7 Å². The lowest BCUT2D eigenvalue weighted by molar-refractivity contribution is -0.124. The fourth-order valence-electron chi connectivity index (χ4n) is 1.89. The average Bonchev–Trinajstić information content (AvgIpc) is 2.34. The van der Waals surface area contributed by atoms with Crippen molar-refractivity contribution in [3.8, 4) is 0 Å². The van der Waals surface area contributed by atoms with Crippen LogP contribution < -0.4 is 0 Å². The van der Waals surface area contributed by atoms with Crippen LogP contribution in [0.3, 0.4) is 0 Å². The van der Waals surface area contributed by atoms with Gasteiger partial charge >= 0.3 is 0 Å². The third-order valence-corrected chi connectivity index (χ3v) is 2.93. The molecule has 0 aromatic heterocycles. The molecule has 0 aliphatic rings. The lowest BCUT2D eigenvalue weighted by Gasteiger charge is -2.13. The van der Waals surface area contributed by atoms with Gasteiger partial charge in [-0.05, 0) is 18.9 Å². The molecule has 1 aromatic carbocycles. The van der Waals surface area contributed by atoms with Gasteiger partial charge < -0.3 is 0 Å². The molecule has 0 saturated heterocycles. The van der Waals surface area contributed by atoms with Crippen molar-refractivity contribution in [3.63, 3.8) is 0 Å². The zero-order valence-electron chi connectivity index (χ0n) is 10.6. The molecule has 0 amide bonds. The largest absolute Gasteiger partial charge is 0.300 e. The highest BCUT2D eigenvalue weighted by atomic mass is 16.1. The molecule has 1 atom stereocenters. The average molecular weight is 232 g/mol. The Morgan fingerprint density at radius 3 is 2.35 bits per heavy atom. The van der Waals surface area contributed by atoms with E-state index in [1.165, 1.54) is 0 Å². The highest BCUT2D eigenvalue weighted by Crippen LogP contribution is 2.21. The number of rotatable bonds is 7. The molecule has 1 unspecified atom stereocenters. The van der Waals surface area contributed by atoms with E-state index in [9.17, 15) is 9.59 Å². The maximum absolute atomic E-state index is 11.7. The Hall–Kier alpha value is -1.44. The quantitative estimate of drug-likeness (QED) is 0.721. The predicted molar refractivity (Wildman–Crippen MR) is 69.0 cm³/mol. The molecular formula is C15H20O2. The molecule has 0 aliphatic heterocycles. The first-order valence-electron chi connectivity index (χ1n) is 6.22. The van der Waals surface area contributed by atoms with Crippen LogP contribution >= 0.6 is 0 Å². The Labute approximate surface area is 103 Å². The van der Waals surface area contributed by atoms with Crippen molar-refractivity contribution >= 4 is 11.6 Å². The van der Waals surface area contributed by atoms with E-state index in [0.717, 1.165) is 18.4 Å². The molecule has 2 heteroatoms. The summed E-state index contributed by atoms with van der Waals surface area (Å²) >= 11 is 0. The minimum atomic E-state index is -0.263. The van der Waals surface area contributed by atoms with Gasteiger partial charge in [-0.15, -0.1) is 0 Å². The lowest BCUT2D eigenvalue weighted by atomic mass is 9.89. The summed E-state index contributed by atoms with van der Waals surface area (Å²) in [7, 11) is 0. The molecule has 0 aliphatic carbocycles. The summed E-state index contributed by atoms with van der Waals surface area (Å²) in [6, 6.07) is 9.56. The highest BCUT2D eigenvalue weighted by molar-refractivity contribution is 5.90. The van der Waals surface area contributed by atoms with Gasteiger partial charge in [-0.25, -0.2) is 0 Å². The molecule has 0 saturated carbocycles. The number of unbranched alkanes of at least 4 members (excludes halogenated alkanes) is 1. The van der Waals surface area contributed by atoms with E-state index >= 15 is 0 Å². The van der Waals surface area contributed by atoms with Crippen LogP contribution in [0.15, 0.2) is 30.3 Å². The Bertz CT molecular complexity index is 368. The third kappa shape index (κ3) is 4.51. The Balaban J connectivity index is 2.68. The second-order valence-electron chi connectivity index (χ2n) is 4.42. The molecule has 2 nitrogen and oxygen atoms in total. The highest BCUT2D eigenvalue weighted by Gasteiger charge is 2.19. The first kappa shape index (κ1) is 13.6. The van der Waals surface area contributed by atoms with Gasteiger partial charge in [0.25, 0.3) is 0 Å². The van der Waals surface area contributed by atoms with Crippen molar-refractivity contribution in [2.45, 2.75) is 45.4 Å². The standard InChI is InChI=1S/C15H20O2/c1-3-4-10-14(17)11-15(12(2)16)13-8-6-5-7-9-13/h5-9,15H,3-4,10-11H2,1-2H3. The fourth-order valence-corrected chi connectivity index (χ4v) is 1.89. The van der Waals surface area contributed by atoms with Gasteiger partial charge in [-0.3, -0.25) is 9.59 Å². The van der Waals surface area contributed by atoms with Gasteiger partial charge in [0.05, 0.1) is 0 Å². The van der Waals surface area contributed by atoms with Crippen LogP contribution in [0.4, 0.5) is 0 Å². The van der Waals surface area contributed by atoms with Crippen molar-refractivity contribution in [3.05, 3.63) is 35.9 Å². The van der Waals surface area contributed by atoms with E-state index < -0.39 is 0 Å². The van der Waals surface area contributed by atoms with Crippen molar-refractivity contribution in [2.75, 3.05) is 0 Å². The van der Waals surface area contributed by atoms with Crippen LogP contribution in [-0.2, 0) is 9.59 Å². The van der Waals surface area contributed by atoms with Gasteiger partial charge in [0, 0.05) is 18.8 Å². The smallest absolute Gasteiger partial charge is 0.137 e. The number of hydrogen-bond acceptors (Lipinski definition) is 2. The van der Waals surface area contributed by atoms with Crippen molar-refractivity contribution in [2.24, 2.45) is 0 Å². The normalized spacial score (nSPS) is 12.1. The topological polar surface area (TPSA) is 34.1 Å². The maximum Gasteiger partial charge on any atom is 0.137 e. The zero-order chi connectivity index (χ0) is 12.7. The Kier molecular flexibility index (Phi) is 5.61. The van der Waals surface area contributed by atoms with E-state index in [1.807, 2.05) is 30.3 Å². The number of carbonyl (C=O) groups excluding carboxylic acids is 2. The predicted octanol–water partition coefficient (Wildman–Crippen LogP) is 3.51. The molecular weight excluding hydrogens is 212 g/mol. The van der Waals surface area contributed by atoms with Gasteiger partial charge in [0.1, 0.15) is 11.6 Å². The van der Waals surface area contributed by atoms with Crippen molar-refractivity contribution in [1.29, 1.82) is 0 Å². The van der Waals surface area contributed by atoms with Gasteiger partial charge in [-0.2, -0.15) is 0 Å². The molecule has 0 spiro atoms.